The molecule has 94 valence electrons. The Labute approximate surface area is 111 Å². The van der Waals surface area contributed by atoms with Gasteiger partial charge in [-0.05, 0) is 26.3 Å². The molecule has 0 aromatic carbocycles. The molecule has 0 spiro atoms. The van der Waals surface area contributed by atoms with Crippen molar-refractivity contribution in [3.05, 3.63) is 29.2 Å². The Morgan fingerprint density at radius 2 is 2.39 bits per heavy atom. The van der Waals surface area contributed by atoms with E-state index in [4.69, 9.17) is 4.98 Å². The number of nitrogens with zero attached hydrogens (tertiary/aromatic N) is 3. The van der Waals surface area contributed by atoms with Gasteiger partial charge in [0.05, 0.1) is 11.9 Å². The van der Waals surface area contributed by atoms with E-state index in [1.165, 1.54) is 23.4 Å². The maximum atomic E-state index is 4.80. The summed E-state index contributed by atoms with van der Waals surface area (Å²) in [4.78, 5) is 14.7. The monoisotopic (exact) mass is 260 g/mol. The lowest BCUT2D eigenvalue weighted by Crippen LogP contribution is -2.20. The van der Waals surface area contributed by atoms with Gasteiger partial charge in [0.1, 0.15) is 10.7 Å². The first-order valence-corrected chi connectivity index (χ1v) is 7.10. The third-order valence-corrected chi connectivity index (χ3v) is 4.46. The number of aryl methyl sites for hydroxylation is 1. The summed E-state index contributed by atoms with van der Waals surface area (Å²) in [6, 6.07) is 0. The van der Waals surface area contributed by atoms with Crippen molar-refractivity contribution >= 4 is 11.3 Å². The number of likely N-dealkylation sites (N-methyl/N-ethyl adjacent to an activating group) is 1. The van der Waals surface area contributed by atoms with Crippen LogP contribution in [0.5, 0.6) is 0 Å². The lowest BCUT2D eigenvalue weighted by molar-refractivity contribution is 0.523. The van der Waals surface area contributed by atoms with Gasteiger partial charge in [0.25, 0.3) is 0 Å². The first-order valence-electron chi connectivity index (χ1n) is 6.29. The molecule has 0 radical (unpaired) electrons. The highest BCUT2D eigenvalue weighted by molar-refractivity contribution is 7.15. The highest BCUT2D eigenvalue weighted by Crippen LogP contribution is 2.37. The molecule has 2 heterocycles. The second-order valence-electron chi connectivity index (χ2n) is 4.56. The fraction of sp³-hybridized carbons (Fsp3) is 0.462. The SMILES string of the molecule is CNCC1CCCc2sc(-c3cnccn3)nc21. The van der Waals surface area contributed by atoms with E-state index in [0.717, 1.165) is 23.7 Å². The van der Waals surface area contributed by atoms with Crippen LogP contribution < -0.4 is 5.32 Å². The predicted octanol–water partition coefficient (Wildman–Crippen LogP) is 2.24. The van der Waals surface area contributed by atoms with Crippen LogP contribution in [0, 0.1) is 0 Å². The van der Waals surface area contributed by atoms with Gasteiger partial charge >= 0.3 is 0 Å². The van der Waals surface area contributed by atoms with Gasteiger partial charge in [-0.15, -0.1) is 11.3 Å². The summed E-state index contributed by atoms with van der Waals surface area (Å²) in [7, 11) is 2.00. The van der Waals surface area contributed by atoms with E-state index in [-0.39, 0.29) is 0 Å². The van der Waals surface area contributed by atoms with Gasteiger partial charge in [-0.1, -0.05) is 0 Å². The molecule has 1 aliphatic rings. The molecular formula is C13H16N4S. The largest absolute Gasteiger partial charge is 0.319 e. The average molecular weight is 260 g/mol. The molecule has 2 aromatic heterocycles. The Morgan fingerprint density at radius 1 is 1.44 bits per heavy atom. The average Bonchev–Trinajstić information content (AvgIpc) is 2.85. The van der Waals surface area contributed by atoms with Crippen LogP contribution in [-0.2, 0) is 6.42 Å². The topological polar surface area (TPSA) is 50.7 Å². The van der Waals surface area contributed by atoms with Crippen molar-refractivity contribution in [1.82, 2.24) is 20.3 Å². The summed E-state index contributed by atoms with van der Waals surface area (Å²) >= 11 is 1.78. The lowest BCUT2D eigenvalue weighted by atomic mass is 9.91. The normalized spacial score (nSPS) is 18.6. The van der Waals surface area contributed by atoms with E-state index in [0.29, 0.717) is 5.92 Å². The van der Waals surface area contributed by atoms with E-state index in [1.807, 2.05) is 7.05 Å². The van der Waals surface area contributed by atoms with Gasteiger partial charge in [-0.2, -0.15) is 0 Å². The van der Waals surface area contributed by atoms with Gasteiger partial charge in [-0.25, -0.2) is 4.98 Å². The van der Waals surface area contributed by atoms with Gasteiger partial charge in [0.15, 0.2) is 0 Å². The molecule has 1 N–H and O–H groups in total. The van der Waals surface area contributed by atoms with Crippen molar-refractivity contribution in [3.8, 4) is 10.7 Å². The van der Waals surface area contributed by atoms with E-state index in [2.05, 4.69) is 15.3 Å². The van der Waals surface area contributed by atoms with Crippen LogP contribution in [-0.4, -0.2) is 28.5 Å². The molecule has 0 amide bonds. The molecule has 0 saturated heterocycles. The van der Waals surface area contributed by atoms with Gasteiger partial charge in [0, 0.05) is 29.7 Å². The maximum Gasteiger partial charge on any atom is 0.143 e. The molecule has 4 nitrogen and oxygen atoms in total. The number of fused-ring (bicyclic) bond motifs is 1. The van der Waals surface area contributed by atoms with Crippen LogP contribution in [0.15, 0.2) is 18.6 Å². The van der Waals surface area contributed by atoms with E-state index >= 15 is 0 Å². The van der Waals surface area contributed by atoms with Crippen LogP contribution in [0.25, 0.3) is 10.7 Å². The molecule has 0 saturated carbocycles. The van der Waals surface area contributed by atoms with Crippen molar-refractivity contribution in [2.75, 3.05) is 13.6 Å². The molecule has 0 aliphatic heterocycles. The Morgan fingerprint density at radius 3 is 3.17 bits per heavy atom. The zero-order valence-corrected chi connectivity index (χ0v) is 11.2. The second-order valence-corrected chi connectivity index (χ2v) is 5.65. The number of hydrogen-bond acceptors (Lipinski definition) is 5. The van der Waals surface area contributed by atoms with Crippen molar-refractivity contribution < 1.29 is 0 Å². The zero-order valence-electron chi connectivity index (χ0n) is 10.4. The number of thiazole rings is 1. The minimum atomic E-state index is 0.556. The molecule has 0 bridgehead atoms. The molecule has 18 heavy (non-hydrogen) atoms. The van der Waals surface area contributed by atoms with Crippen LogP contribution in [0.2, 0.25) is 0 Å². The fourth-order valence-corrected chi connectivity index (χ4v) is 3.62. The molecule has 2 aromatic rings. The smallest absolute Gasteiger partial charge is 0.143 e. The summed E-state index contributed by atoms with van der Waals surface area (Å²) < 4.78 is 0. The Balaban J connectivity index is 1.96. The summed E-state index contributed by atoms with van der Waals surface area (Å²) in [5, 5.41) is 4.27. The van der Waals surface area contributed by atoms with Crippen molar-refractivity contribution in [1.29, 1.82) is 0 Å². The first-order chi connectivity index (χ1) is 8.88. The standard InChI is InChI=1S/C13H16N4S/c1-14-7-9-3-2-4-11-12(9)17-13(18-11)10-8-15-5-6-16-10/h5-6,8-9,14H,2-4,7H2,1H3. The molecule has 0 fully saturated rings. The summed E-state index contributed by atoms with van der Waals surface area (Å²) in [6.07, 6.45) is 8.87. The number of rotatable bonds is 3. The predicted molar refractivity (Wildman–Crippen MR) is 72.7 cm³/mol. The summed E-state index contributed by atoms with van der Waals surface area (Å²) in [6.45, 7) is 1.01. The molecule has 1 aliphatic carbocycles. The summed E-state index contributed by atoms with van der Waals surface area (Å²) in [5.74, 6) is 0.556. The highest BCUT2D eigenvalue weighted by atomic mass is 32.1. The van der Waals surface area contributed by atoms with Crippen molar-refractivity contribution in [3.63, 3.8) is 0 Å². The highest BCUT2D eigenvalue weighted by Gasteiger charge is 2.24. The van der Waals surface area contributed by atoms with Gasteiger partial charge < -0.3 is 5.32 Å². The second kappa shape index (κ2) is 5.12. The third-order valence-electron chi connectivity index (χ3n) is 3.30. The van der Waals surface area contributed by atoms with Crippen molar-refractivity contribution in [2.24, 2.45) is 0 Å². The van der Waals surface area contributed by atoms with Crippen LogP contribution >= 0.6 is 11.3 Å². The molecule has 1 unspecified atom stereocenters. The number of aromatic nitrogens is 3. The minimum Gasteiger partial charge on any atom is -0.319 e. The third kappa shape index (κ3) is 2.15. The number of nitrogens with one attached hydrogen (secondary N) is 1. The van der Waals surface area contributed by atoms with Crippen LogP contribution in [0.3, 0.4) is 0 Å². The van der Waals surface area contributed by atoms with Crippen LogP contribution in [0.4, 0.5) is 0 Å². The molecule has 5 heteroatoms. The van der Waals surface area contributed by atoms with Crippen molar-refractivity contribution in [2.45, 2.75) is 25.2 Å². The maximum absolute atomic E-state index is 4.80. The Bertz CT molecular complexity index is 523. The zero-order chi connectivity index (χ0) is 12.4. The first kappa shape index (κ1) is 11.7. The van der Waals surface area contributed by atoms with E-state index in [9.17, 15) is 0 Å². The molecule has 3 rings (SSSR count). The minimum absolute atomic E-state index is 0.556. The molecule has 1 atom stereocenters. The Kier molecular flexibility index (Phi) is 3.34. The van der Waals surface area contributed by atoms with E-state index < -0.39 is 0 Å². The van der Waals surface area contributed by atoms with Crippen LogP contribution in [0.1, 0.15) is 29.3 Å². The Hall–Kier alpha value is -1.33. The number of hydrogen-bond donors (Lipinski definition) is 1. The lowest BCUT2D eigenvalue weighted by Gasteiger charge is -2.20. The van der Waals surface area contributed by atoms with Gasteiger partial charge in [-0.3, -0.25) is 9.97 Å². The van der Waals surface area contributed by atoms with Gasteiger partial charge in [0.2, 0.25) is 0 Å². The van der Waals surface area contributed by atoms with E-state index in [1.54, 1.807) is 29.9 Å². The fourth-order valence-electron chi connectivity index (χ4n) is 2.47. The summed E-state index contributed by atoms with van der Waals surface area (Å²) in [5.41, 5.74) is 2.17. The molecular weight excluding hydrogens is 244 g/mol. The quantitative estimate of drug-likeness (QED) is 0.919.